The summed E-state index contributed by atoms with van der Waals surface area (Å²) in [6, 6.07) is 1.21. The molecule has 0 radical (unpaired) electrons. The fourth-order valence-electron chi connectivity index (χ4n) is 1.94. The lowest BCUT2D eigenvalue weighted by Gasteiger charge is -2.24. The van der Waals surface area contributed by atoms with E-state index < -0.39 is 11.7 Å². The molecule has 1 saturated heterocycles. The van der Waals surface area contributed by atoms with Crippen LogP contribution in [0.25, 0.3) is 0 Å². The number of rotatable bonds is 1. The summed E-state index contributed by atoms with van der Waals surface area (Å²) in [5, 5.41) is 3.21. The molecule has 1 aliphatic rings. The first kappa shape index (κ1) is 11.4. The molecule has 1 aromatic heterocycles. The Morgan fingerprint density at radius 3 is 2.69 bits per heavy atom. The van der Waals surface area contributed by atoms with Gasteiger partial charge in [0.2, 0.25) is 0 Å². The molecule has 0 amide bonds. The summed E-state index contributed by atoms with van der Waals surface area (Å²) in [6.45, 7) is 0.862. The first-order chi connectivity index (χ1) is 7.57. The van der Waals surface area contributed by atoms with Crippen LogP contribution in [0.2, 0.25) is 0 Å². The van der Waals surface area contributed by atoms with Crippen LogP contribution in [0.5, 0.6) is 0 Å². The Labute approximate surface area is 91.9 Å². The molecular formula is C11H13F3N2. The summed E-state index contributed by atoms with van der Waals surface area (Å²) < 4.78 is 37.4. The number of pyridine rings is 1. The highest BCUT2D eigenvalue weighted by Crippen LogP contribution is 2.31. The van der Waals surface area contributed by atoms with Crippen molar-refractivity contribution in [3.63, 3.8) is 0 Å². The van der Waals surface area contributed by atoms with Crippen molar-refractivity contribution in [3.8, 4) is 0 Å². The number of hydrogen-bond acceptors (Lipinski definition) is 2. The normalized spacial score (nSPS) is 22.1. The molecule has 0 bridgehead atoms. The van der Waals surface area contributed by atoms with Gasteiger partial charge < -0.3 is 5.32 Å². The summed E-state index contributed by atoms with van der Waals surface area (Å²) in [6.07, 6.45) is 1.09. The van der Waals surface area contributed by atoms with E-state index in [4.69, 9.17) is 0 Å². The van der Waals surface area contributed by atoms with Crippen molar-refractivity contribution in [1.82, 2.24) is 10.3 Å². The van der Waals surface area contributed by atoms with Gasteiger partial charge in [-0.1, -0.05) is 6.42 Å². The van der Waals surface area contributed by atoms with Crippen molar-refractivity contribution < 1.29 is 13.2 Å². The van der Waals surface area contributed by atoms with Crippen LogP contribution in [0.4, 0.5) is 13.2 Å². The van der Waals surface area contributed by atoms with E-state index in [1.165, 1.54) is 12.3 Å². The second kappa shape index (κ2) is 4.41. The molecule has 2 heterocycles. The predicted octanol–water partition coefficient (Wildman–Crippen LogP) is 2.92. The Morgan fingerprint density at radius 2 is 2.06 bits per heavy atom. The van der Waals surface area contributed by atoms with Gasteiger partial charge in [-0.05, 0) is 31.0 Å². The van der Waals surface area contributed by atoms with E-state index in [1.54, 1.807) is 0 Å². The summed E-state index contributed by atoms with van der Waals surface area (Å²) in [5.41, 5.74) is -0.0353. The summed E-state index contributed by atoms with van der Waals surface area (Å²) in [4.78, 5) is 3.67. The fraction of sp³-hybridized carbons (Fsp3) is 0.545. The second-order valence-electron chi connectivity index (χ2n) is 4.01. The molecule has 2 nitrogen and oxygen atoms in total. The molecular weight excluding hydrogens is 217 g/mol. The summed E-state index contributed by atoms with van der Waals surface area (Å²) >= 11 is 0. The van der Waals surface area contributed by atoms with Crippen LogP contribution >= 0.6 is 0 Å². The molecule has 0 spiro atoms. The van der Waals surface area contributed by atoms with Gasteiger partial charge in [0.1, 0.15) is 0 Å². The van der Waals surface area contributed by atoms with Crippen LogP contribution < -0.4 is 5.32 Å². The van der Waals surface area contributed by atoms with Gasteiger partial charge in [0, 0.05) is 18.4 Å². The molecule has 1 aromatic rings. The Balaban J connectivity index is 2.21. The van der Waals surface area contributed by atoms with E-state index in [0.717, 1.165) is 32.0 Å². The van der Waals surface area contributed by atoms with Crippen molar-refractivity contribution in [3.05, 3.63) is 29.6 Å². The van der Waals surface area contributed by atoms with E-state index in [-0.39, 0.29) is 6.04 Å². The van der Waals surface area contributed by atoms with Gasteiger partial charge in [0.05, 0.1) is 5.56 Å². The number of alkyl halides is 3. The summed E-state index contributed by atoms with van der Waals surface area (Å²) in [5.74, 6) is 0. The topological polar surface area (TPSA) is 24.9 Å². The van der Waals surface area contributed by atoms with Gasteiger partial charge in [-0.3, -0.25) is 4.98 Å². The fourth-order valence-corrected chi connectivity index (χ4v) is 1.94. The molecule has 1 atom stereocenters. The summed E-state index contributed by atoms with van der Waals surface area (Å²) in [7, 11) is 0. The van der Waals surface area contributed by atoms with E-state index >= 15 is 0 Å². The molecule has 1 aliphatic heterocycles. The zero-order chi connectivity index (χ0) is 11.6. The average molecular weight is 230 g/mol. The largest absolute Gasteiger partial charge is 0.417 e. The molecule has 2 rings (SSSR count). The first-order valence-electron chi connectivity index (χ1n) is 5.33. The molecule has 0 aromatic carbocycles. The quantitative estimate of drug-likeness (QED) is 0.802. The first-order valence-corrected chi connectivity index (χ1v) is 5.33. The number of piperidine rings is 1. The molecule has 0 unspecified atom stereocenters. The molecule has 1 fully saturated rings. The molecule has 88 valence electrons. The molecule has 0 aliphatic carbocycles. The van der Waals surface area contributed by atoms with E-state index in [2.05, 4.69) is 10.3 Å². The number of aromatic nitrogens is 1. The van der Waals surface area contributed by atoms with Gasteiger partial charge in [0.25, 0.3) is 0 Å². The van der Waals surface area contributed by atoms with Crippen molar-refractivity contribution in [2.45, 2.75) is 31.5 Å². The Kier molecular flexibility index (Phi) is 3.14. The third kappa shape index (κ3) is 2.52. The monoisotopic (exact) mass is 230 g/mol. The van der Waals surface area contributed by atoms with Crippen LogP contribution in [0.3, 0.4) is 0 Å². The van der Waals surface area contributed by atoms with E-state index in [9.17, 15) is 13.2 Å². The Morgan fingerprint density at radius 1 is 1.25 bits per heavy atom. The number of halogens is 3. The zero-order valence-corrected chi connectivity index (χ0v) is 8.72. The van der Waals surface area contributed by atoms with Crippen LogP contribution in [0.1, 0.15) is 36.4 Å². The van der Waals surface area contributed by atoms with E-state index in [1.807, 2.05) is 0 Å². The molecule has 1 N–H and O–H groups in total. The maximum atomic E-state index is 12.5. The minimum absolute atomic E-state index is 0.0172. The SMILES string of the molecule is FC(F)(F)c1cncc([C@@H]2CCCCN2)c1. The number of nitrogens with one attached hydrogen (secondary N) is 1. The molecule has 16 heavy (non-hydrogen) atoms. The maximum Gasteiger partial charge on any atom is 0.417 e. The van der Waals surface area contributed by atoms with Crippen molar-refractivity contribution in [2.75, 3.05) is 6.54 Å². The Bertz CT molecular complexity index is 356. The third-order valence-electron chi connectivity index (χ3n) is 2.80. The van der Waals surface area contributed by atoms with Gasteiger partial charge in [-0.2, -0.15) is 13.2 Å². The lowest BCUT2D eigenvalue weighted by Crippen LogP contribution is -2.27. The van der Waals surface area contributed by atoms with Crippen LogP contribution in [-0.4, -0.2) is 11.5 Å². The van der Waals surface area contributed by atoms with E-state index in [0.29, 0.717) is 5.56 Å². The van der Waals surface area contributed by atoms with Crippen molar-refractivity contribution >= 4 is 0 Å². The van der Waals surface area contributed by atoms with Crippen molar-refractivity contribution in [2.24, 2.45) is 0 Å². The van der Waals surface area contributed by atoms with Gasteiger partial charge in [0.15, 0.2) is 0 Å². The highest BCUT2D eigenvalue weighted by Gasteiger charge is 2.31. The van der Waals surface area contributed by atoms with Crippen molar-refractivity contribution in [1.29, 1.82) is 0 Å². The average Bonchev–Trinajstić information content (AvgIpc) is 2.29. The third-order valence-corrected chi connectivity index (χ3v) is 2.80. The Hall–Kier alpha value is -1.10. The minimum Gasteiger partial charge on any atom is -0.310 e. The standard InChI is InChI=1S/C11H13F3N2/c12-11(13,14)9-5-8(6-15-7-9)10-3-1-2-4-16-10/h5-7,10,16H,1-4H2/t10-/m0/s1. The highest BCUT2D eigenvalue weighted by atomic mass is 19.4. The lowest BCUT2D eigenvalue weighted by atomic mass is 9.98. The van der Waals surface area contributed by atoms with Gasteiger partial charge in [-0.25, -0.2) is 0 Å². The lowest BCUT2D eigenvalue weighted by molar-refractivity contribution is -0.137. The highest BCUT2D eigenvalue weighted by molar-refractivity contribution is 5.23. The zero-order valence-electron chi connectivity index (χ0n) is 8.72. The maximum absolute atomic E-state index is 12.5. The van der Waals surface area contributed by atoms with Crippen LogP contribution in [0.15, 0.2) is 18.5 Å². The number of nitrogens with zero attached hydrogens (tertiary/aromatic N) is 1. The second-order valence-corrected chi connectivity index (χ2v) is 4.01. The van der Waals surface area contributed by atoms with Gasteiger partial charge in [-0.15, -0.1) is 0 Å². The van der Waals surface area contributed by atoms with Gasteiger partial charge >= 0.3 is 6.18 Å². The minimum atomic E-state index is -4.31. The smallest absolute Gasteiger partial charge is 0.310 e. The molecule has 0 saturated carbocycles. The number of hydrogen-bond donors (Lipinski definition) is 1. The van der Waals surface area contributed by atoms with Crippen LogP contribution in [0, 0.1) is 0 Å². The predicted molar refractivity (Wildman–Crippen MR) is 53.8 cm³/mol. The van der Waals surface area contributed by atoms with Crippen LogP contribution in [-0.2, 0) is 6.18 Å². The molecule has 5 heteroatoms.